The van der Waals surface area contributed by atoms with E-state index in [-0.39, 0.29) is 17.2 Å². The molecule has 2 amide bonds. The smallest absolute Gasteiger partial charge is 0.233 e. The molecule has 1 heterocycles. The third kappa shape index (κ3) is 3.06. The van der Waals surface area contributed by atoms with Crippen molar-refractivity contribution < 1.29 is 9.59 Å². The SMILES string of the molecule is CC(=O)N1CCCN(C(=O)C2(c3cc(C)cc(C)c3)CCC2)CC1. The standard InChI is InChI=1S/C20H28N2O2/c1-15-12-16(2)14-18(13-15)20(6-4-7-20)19(24)22-9-5-8-21(10-11-22)17(3)23/h12-14H,4-11H2,1-3H3. The van der Waals surface area contributed by atoms with Crippen LogP contribution in [0.25, 0.3) is 0 Å². The molecule has 130 valence electrons. The number of benzene rings is 1. The summed E-state index contributed by atoms with van der Waals surface area (Å²) in [5.41, 5.74) is 3.30. The summed E-state index contributed by atoms with van der Waals surface area (Å²) in [5.74, 6) is 0.376. The molecule has 24 heavy (non-hydrogen) atoms. The summed E-state index contributed by atoms with van der Waals surface area (Å²) in [6, 6.07) is 6.53. The van der Waals surface area contributed by atoms with Gasteiger partial charge in [-0.1, -0.05) is 35.7 Å². The Bertz CT molecular complexity index is 629. The van der Waals surface area contributed by atoms with Gasteiger partial charge in [-0.2, -0.15) is 0 Å². The molecule has 2 fully saturated rings. The third-order valence-corrected chi connectivity index (χ3v) is 5.62. The number of carbonyl (C=O) groups is 2. The van der Waals surface area contributed by atoms with E-state index in [0.29, 0.717) is 13.1 Å². The Hall–Kier alpha value is -1.84. The summed E-state index contributed by atoms with van der Waals surface area (Å²) in [4.78, 5) is 28.8. The molecular weight excluding hydrogens is 300 g/mol. The molecule has 0 spiro atoms. The van der Waals surface area contributed by atoms with E-state index in [2.05, 4.69) is 32.0 Å². The Kier molecular flexibility index (Phi) is 4.66. The fourth-order valence-corrected chi connectivity index (χ4v) is 4.15. The van der Waals surface area contributed by atoms with E-state index in [1.807, 2.05) is 9.80 Å². The number of hydrogen-bond donors (Lipinski definition) is 0. The highest BCUT2D eigenvalue weighted by Crippen LogP contribution is 2.45. The van der Waals surface area contributed by atoms with E-state index in [1.54, 1.807) is 6.92 Å². The molecule has 1 saturated carbocycles. The molecule has 0 aromatic heterocycles. The van der Waals surface area contributed by atoms with Crippen LogP contribution in [0.15, 0.2) is 18.2 Å². The van der Waals surface area contributed by atoms with Crippen LogP contribution in [0.2, 0.25) is 0 Å². The van der Waals surface area contributed by atoms with Crippen LogP contribution in [0, 0.1) is 13.8 Å². The van der Waals surface area contributed by atoms with Gasteiger partial charge >= 0.3 is 0 Å². The lowest BCUT2D eigenvalue weighted by molar-refractivity contribution is -0.141. The maximum atomic E-state index is 13.4. The van der Waals surface area contributed by atoms with E-state index >= 15 is 0 Å². The number of rotatable bonds is 2. The number of carbonyl (C=O) groups excluding carboxylic acids is 2. The molecule has 4 nitrogen and oxygen atoms in total. The van der Waals surface area contributed by atoms with Crippen molar-refractivity contribution in [2.24, 2.45) is 0 Å². The fourth-order valence-electron chi connectivity index (χ4n) is 4.15. The summed E-state index contributed by atoms with van der Waals surface area (Å²) in [7, 11) is 0. The van der Waals surface area contributed by atoms with Crippen LogP contribution in [0.1, 0.15) is 49.3 Å². The van der Waals surface area contributed by atoms with Crippen molar-refractivity contribution in [3.8, 4) is 0 Å². The predicted octanol–water partition coefficient (Wildman–Crippen LogP) is 2.81. The van der Waals surface area contributed by atoms with Crippen molar-refractivity contribution in [1.82, 2.24) is 9.80 Å². The van der Waals surface area contributed by atoms with Crippen LogP contribution in [0.4, 0.5) is 0 Å². The highest BCUT2D eigenvalue weighted by atomic mass is 16.2. The third-order valence-electron chi connectivity index (χ3n) is 5.62. The van der Waals surface area contributed by atoms with Crippen LogP contribution in [0.3, 0.4) is 0 Å². The number of nitrogens with zero attached hydrogens (tertiary/aromatic N) is 2. The molecule has 3 rings (SSSR count). The minimum atomic E-state index is -0.331. The van der Waals surface area contributed by atoms with Crippen molar-refractivity contribution in [3.63, 3.8) is 0 Å². The van der Waals surface area contributed by atoms with Crippen molar-refractivity contribution in [2.75, 3.05) is 26.2 Å². The van der Waals surface area contributed by atoms with E-state index in [4.69, 9.17) is 0 Å². The molecule has 2 aliphatic rings. The molecule has 1 aromatic carbocycles. The first-order chi connectivity index (χ1) is 11.4. The van der Waals surface area contributed by atoms with Crippen LogP contribution >= 0.6 is 0 Å². The van der Waals surface area contributed by atoms with Gasteiger partial charge in [-0.25, -0.2) is 0 Å². The van der Waals surface area contributed by atoms with Gasteiger partial charge in [0.1, 0.15) is 0 Å². The van der Waals surface area contributed by atoms with Crippen molar-refractivity contribution in [3.05, 3.63) is 34.9 Å². The van der Waals surface area contributed by atoms with Crippen LogP contribution in [-0.4, -0.2) is 47.8 Å². The summed E-state index contributed by atoms with van der Waals surface area (Å²) < 4.78 is 0. The zero-order valence-corrected chi connectivity index (χ0v) is 15.1. The lowest BCUT2D eigenvalue weighted by atomic mass is 9.63. The molecule has 1 saturated heterocycles. The van der Waals surface area contributed by atoms with Gasteiger partial charge in [0.05, 0.1) is 5.41 Å². The average molecular weight is 328 g/mol. The maximum absolute atomic E-state index is 13.4. The lowest BCUT2D eigenvalue weighted by Crippen LogP contribution is -2.52. The first kappa shape index (κ1) is 17.0. The van der Waals surface area contributed by atoms with Gasteiger partial charge in [0, 0.05) is 33.1 Å². The van der Waals surface area contributed by atoms with Crippen molar-refractivity contribution in [2.45, 2.75) is 51.9 Å². The Balaban J connectivity index is 1.82. The van der Waals surface area contributed by atoms with E-state index < -0.39 is 0 Å². The Morgan fingerprint density at radius 2 is 1.46 bits per heavy atom. The largest absolute Gasteiger partial charge is 0.341 e. The quantitative estimate of drug-likeness (QED) is 0.837. The van der Waals surface area contributed by atoms with Gasteiger partial charge in [-0.15, -0.1) is 0 Å². The molecule has 1 aliphatic carbocycles. The Morgan fingerprint density at radius 1 is 0.875 bits per heavy atom. The van der Waals surface area contributed by atoms with Crippen LogP contribution in [-0.2, 0) is 15.0 Å². The monoisotopic (exact) mass is 328 g/mol. The topological polar surface area (TPSA) is 40.6 Å². The Labute approximate surface area is 144 Å². The normalized spacial score (nSPS) is 20.3. The second-order valence-electron chi connectivity index (χ2n) is 7.46. The van der Waals surface area contributed by atoms with E-state index in [1.165, 1.54) is 16.7 Å². The van der Waals surface area contributed by atoms with E-state index in [9.17, 15) is 9.59 Å². The molecular formula is C20H28N2O2. The Morgan fingerprint density at radius 3 is 2.00 bits per heavy atom. The van der Waals surface area contributed by atoms with Gasteiger partial charge in [0.2, 0.25) is 11.8 Å². The average Bonchev–Trinajstić information content (AvgIpc) is 2.70. The minimum absolute atomic E-state index is 0.108. The first-order valence-corrected chi connectivity index (χ1v) is 9.06. The van der Waals surface area contributed by atoms with Crippen molar-refractivity contribution in [1.29, 1.82) is 0 Å². The number of aryl methyl sites for hydroxylation is 2. The highest BCUT2D eigenvalue weighted by Gasteiger charge is 2.47. The highest BCUT2D eigenvalue weighted by molar-refractivity contribution is 5.89. The first-order valence-electron chi connectivity index (χ1n) is 9.06. The molecule has 0 atom stereocenters. The van der Waals surface area contributed by atoms with E-state index in [0.717, 1.165) is 38.8 Å². The second kappa shape index (κ2) is 6.58. The van der Waals surface area contributed by atoms with Crippen LogP contribution in [0.5, 0.6) is 0 Å². The van der Waals surface area contributed by atoms with Gasteiger partial charge in [0.15, 0.2) is 0 Å². The molecule has 0 unspecified atom stereocenters. The number of amides is 2. The fraction of sp³-hybridized carbons (Fsp3) is 0.600. The van der Waals surface area contributed by atoms with Gasteiger partial charge in [-0.3, -0.25) is 9.59 Å². The zero-order valence-electron chi connectivity index (χ0n) is 15.1. The van der Waals surface area contributed by atoms with Gasteiger partial charge in [-0.05, 0) is 38.7 Å². The molecule has 0 bridgehead atoms. The lowest BCUT2D eigenvalue weighted by Gasteiger charge is -2.44. The van der Waals surface area contributed by atoms with Gasteiger partial charge < -0.3 is 9.80 Å². The molecule has 0 N–H and O–H groups in total. The number of hydrogen-bond acceptors (Lipinski definition) is 2. The summed E-state index contributed by atoms with van der Waals surface area (Å²) in [6.45, 7) is 8.65. The minimum Gasteiger partial charge on any atom is -0.341 e. The second-order valence-corrected chi connectivity index (χ2v) is 7.46. The van der Waals surface area contributed by atoms with Crippen LogP contribution < -0.4 is 0 Å². The van der Waals surface area contributed by atoms with Crippen molar-refractivity contribution >= 4 is 11.8 Å². The predicted molar refractivity (Wildman–Crippen MR) is 94.9 cm³/mol. The zero-order chi connectivity index (χ0) is 17.3. The molecule has 4 heteroatoms. The molecule has 1 aliphatic heterocycles. The van der Waals surface area contributed by atoms with Gasteiger partial charge in [0.25, 0.3) is 0 Å². The molecule has 1 aromatic rings. The molecule has 0 radical (unpaired) electrons. The summed E-state index contributed by atoms with van der Waals surface area (Å²) >= 11 is 0. The maximum Gasteiger partial charge on any atom is 0.233 e. The summed E-state index contributed by atoms with van der Waals surface area (Å²) in [5, 5.41) is 0. The summed E-state index contributed by atoms with van der Waals surface area (Å²) in [6.07, 6.45) is 3.88.